The fourth-order valence-corrected chi connectivity index (χ4v) is 4.21. The number of hydrogen-bond donors (Lipinski definition) is 1. The molecule has 1 aliphatic heterocycles. The summed E-state index contributed by atoms with van der Waals surface area (Å²) in [6, 6.07) is 10.2. The lowest BCUT2D eigenvalue weighted by Crippen LogP contribution is -2.35. The highest BCUT2D eigenvalue weighted by molar-refractivity contribution is 7.92. The first-order chi connectivity index (χ1) is 9.54. The molecule has 0 amide bonds. The van der Waals surface area contributed by atoms with Gasteiger partial charge in [-0.2, -0.15) is 8.42 Å². The van der Waals surface area contributed by atoms with Crippen molar-refractivity contribution in [1.29, 1.82) is 0 Å². The van der Waals surface area contributed by atoms with Gasteiger partial charge < -0.3 is 9.52 Å². The monoisotopic (exact) mass is 293 g/mol. The molecule has 1 unspecified atom stereocenters. The average Bonchev–Trinajstić information content (AvgIpc) is 3.01. The first-order valence-electron chi connectivity index (χ1n) is 6.36. The minimum absolute atomic E-state index is 0.134. The predicted octanol–water partition coefficient (Wildman–Crippen LogP) is 1.91. The lowest BCUT2D eigenvalue weighted by atomic mass is 10.1. The van der Waals surface area contributed by atoms with E-state index in [-0.39, 0.29) is 23.5 Å². The summed E-state index contributed by atoms with van der Waals surface area (Å²) >= 11 is 0. The second-order valence-corrected chi connectivity index (χ2v) is 6.61. The van der Waals surface area contributed by atoms with E-state index < -0.39 is 10.0 Å². The van der Waals surface area contributed by atoms with Gasteiger partial charge in [0.15, 0.2) is 0 Å². The molecule has 0 saturated carbocycles. The van der Waals surface area contributed by atoms with Crippen molar-refractivity contribution in [3.05, 3.63) is 47.7 Å². The number of para-hydroxylation sites is 1. The maximum atomic E-state index is 12.7. The third-order valence-electron chi connectivity index (χ3n) is 3.45. The van der Waals surface area contributed by atoms with Crippen LogP contribution in [0.4, 0.5) is 5.69 Å². The number of aliphatic hydroxyl groups is 1. The molecule has 0 bridgehead atoms. The molecule has 6 heteroatoms. The summed E-state index contributed by atoms with van der Waals surface area (Å²) in [4.78, 5) is 0. The molecular formula is C14H15NO4S. The highest BCUT2D eigenvalue weighted by atomic mass is 32.2. The van der Waals surface area contributed by atoms with Gasteiger partial charge in [-0.25, -0.2) is 0 Å². The van der Waals surface area contributed by atoms with Crippen LogP contribution < -0.4 is 4.31 Å². The number of furan rings is 1. The number of nitrogens with zero attached hydrogens (tertiary/aromatic N) is 1. The highest BCUT2D eigenvalue weighted by Crippen LogP contribution is 2.36. The summed E-state index contributed by atoms with van der Waals surface area (Å²) in [5, 5.41) is 8.86. The Morgan fingerprint density at radius 1 is 1.30 bits per heavy atom. The van der Waals surface area contributed by atoms with Crippen molar-refractivity contribution in [2.24, 2.45) is 0 Å². The number of benzene rings is 1. The molecule has 0 saturated heterocycles. The fraction of sp³-hybridized carbons (Fsp3) is 0.286. The summed E-state index contributed by atoms with van der Waals surface area (Å²) in [5.41, 5.74) is 1.71. The van der Waals surface area contributed by atoms with Gasteiger partial charge >= 0.3 is 0 Å². The summed E-state index contributed by atoms with van der Waals surface area (Å²) in [6.45, 7) is 1.55. The van der Waals surface area contributed by atoms with E-state index in [1.54, 1.807) is 6.07 Å². The molecule has 5 nitrogen and oxygen atoms in total. The number of rotatable bonds is 3. The summed E-state index contributed by atoms with van der Waals surface area (Å²) < 4.78 is 32.0. The van der Waals surface area contributed by atoms with Crippen molar-refractivity contribution >= 4 is 15.7 Å². The van der Waals surface area contributed by atoms with Crippen molar-refractivity contribution in [2.45, 2.75) is 31.1 Å². The van der Waals surface area contributed by atoms with Crippen LogP contribution in [0.1, 0.15) is 18.2 Å². The average molecular weight is 293 g/mol. The molecule has 1 atom stereocenters. The van der Waals surface area contributed by atoms with Gasteiger partial charge in [0.1, 0.15) is 12.4 Å². The Kier molecular flexibility index (Phi) is 3.07. The van der Waals surface area contributed by atoms with Gasteiger partial charge in [-0.05, 0) is 37.1 Å². The van der Waals surface area contributed by atoms with Crippen LogP contribution in [0.2, 0.25) is 0 Å². The smallest absolute Gasteiger partial charge is 0.298 e. The second-order valence-electron chi connectivity index (χ2n) is 4.86. The van der Waals surface area contributed by atoms with Gasteiger partial charge in [-0.1, -0.05) is 18.2 Å². The number of fused-ring (bicyclic) bond motifs is 1. The van der Waals surface area contributed by atoms with Crippen molar-refractivity contribution in [3.63, 3.8) is 0 Å². The van der Waals surface area contributed by atoms with Gasteiger partial charge in [-0.15, -0.1) is 0 Å². The molecule has 0 aliphatic carbocycles. The third kappa shape index (κ3) is 1.92. The van der Waals surface area contributed by atoms with Gasteiger partial charge in [0.2, 0.25) is 5.09 Å². The van der Waals surface area contributed by atoms with Crippen LogP contribution in [-0.2, 0) is 23.1 Å². The second kappa shape index (κ2) is 4.64. The Labute approximate surface area is 117 Å². The van der Waals surface area contributed by atoms with Crippen LogP contribution in [0.25, 0.3) is 0 Å². The maximum Gasteiger partial charge on any atom is 0.298 e. The van der Waals surface area contributed by atoms with E-state index in [1.165, 1.54) is 16.4 Å². The molecule has 0 radical (unpaired) electrons. The Morgan fingerprint density at radius 2 is 2.05 bits per heavy atom. The maximum absolute atomic E-state index is 12.7. The minimum Gasteiger partial charge on any atom is -0.445 e. The van der Waals surface area contributed by atoms with Crippen LogP contribution in [0.15, 0.2) is 45.9 Å². The lowest BCUT2D eigenvalue weighted by Gasteiger charge is -2.22. The standard InChI is InChI=1S/C14H15NO4S/c1-10-8-11-4-2-3-5-13(11)15(10)20(17,18)14-7-6-12(9-16)19-14/h2-7,10,16H,8-9H2,1H3. The molecule has 0 spiro atoms. The van der Waals surface area contributed by atoms with E-state index >= 15 is 0 Å². The van der Waals surface area contributed by atoms with Gasteiger partial charge in [-0.3, -0.25) is 4.31 Å². The first kappa shape index (κ1) is 13.2. The molecule has 1 aromatic carbocycles. The molecule has 106 valence electrons. The number of sulfonamides is 1. The summed E-state index contributed by atoms with van der Waals surface area (Å²) in [5.74, 6) is 0.240. The van der Waals surface area contributed by atoms with E-state index in [0.717, 1.165) is 5.56 Å². The van der Waals surface area contributed by atoms with Crippen molar-refractivity contribution in [3.8, 4) is 0 Å². The van der Waals surface area contributed by atoms with Gasteiger partial charge in [0.25, 0.3) is 10.0 Å². The van der Waals surface area contributed by atoms with Gasteiger partial charge in [0, 0.05) is 6.04 Å². The van der Waals surface area contributed by atoms with E-state index in [1.807, 2.05) is 25.1 Å². The molecule has 1 aromatic heterocycles. The highest BCUT2D eigenvalue weighted by Gasteiger charge is 2.37. The minimum atomic E-state index is -3.74. The molecule has 3 rings (SSSR count). The molecule has 20 heavy (non-hydrogen) atoms. The van der Waals surface area contributed by atoms with E-state index in [4.69, 9.17) is 9.52 Å². The molecule has 1 N–H and O–H groups in total. The first-order valence-corrected chi connectivity index (χ1v) is 7.80. The van der Waals surface area contributed by atoms with Crippen LogP contribution in [0.5, 0.6) is 0 Å². The Balaban J connectivity index is 2.07. The molecule has 1 aliphatic rings. The molecular weight excluding hydrogens is 278 g/mol. The quantitative estimate of drug-likeness (QED) is 0.938. The van der Waals surface area contributed by atoms with Crippen molar-refractivity contribution in [1.82, 2.24) is 0 Å². The zero-order chi connectivity index (χ0) is 14.3. The predicted molar refractivity (Wildman–Crippen MR) is 73.9 cm³/mol. The van der Waals surface area contributed by atoms with Gasteiger partial charge in [0.05, 0.1) is 5.69 Å². The Hall–Kier alpha value is -1.79. The van der Waals surface area contributed by atoms with Crippen LogP contribution in [0, 0.1) is 0 Å². The normalized spacial score (nSPS) is 18.3. The lowest BCUT2D eigenvalue weighted by molar-refractivity contribution is 0.236. The number of hydrogen-bond acceptors (Lipinski definition) is 4. The number of anilines is 1. The summed E-state index contributed by atoms with van der Waals surface area (Å²) in [6.07, 6.45) is 0.684. The van der Waals surface area contributed by atoms with Crippen LogP contribution in [0.3, 0.4) is 0 Å². The van der Waals surface area contributed by atoms with Crippen molar-refractivity contribution < 1.29 is 17.9 Å². The van der Waals surface area contributed by atoms with Crippen LogP contribution >= 0.6 is 0 Å². The van der Waals surface area contributed by atoms with E-state index in [2.05, 4.69) is 0 Å². The molecule has 2 aromatic rings. The summed E-state index contributed by atoms with van der Waals surface area (Å²) in [7, 11) is -3.74. The van der Waals surface area contributed by atoms with E-state index in [0.29, 0.717) is 12.1 Å². The largest absolute Gasteiger partial charge is 0.445 e. The fourth-order valence-electron chi connectivity index (χ4n) is 2.58. The SMILES string of the molecule is CC1Cc2ccccc2N1S(=O)(=O)c1ccc(CO)o1. The zero-order valence-electron chi connectivity index (χ0n) is 11.0. The topological polar surface area (TPSA) is 70.8 Å². The number of aliphatic hydroxyl groups excluding tert-OH is 1. The van der Waals surface area contributed by atoms with Crippen molar-refractivity contribution in [2.75, 3.05) is 4.31 Å². The molecule has 2 heterocycles. The van der Waals surface area contributed by atoms with E-state index in [9.17, 15) is 8.42 Å². The molecule has 0 fully saturated rings. The Bertz CT molecular complexity index is 735. The Morgan fingerprint density at radius 3 is 2.75 bits per heavy atom. The van der Waals surface area contributed by atoms with Crippen LogP contribution in [-0.4, -0.2) is 19.6 Å². The third-order valence-corrected chi connectivity index (χ3v) is 5.25. The zero-order valence-corrected chi connectivity index (χ0v) is 11.8.